The number of carbonyl (C=O) groups is 2. The Morgan fingerprint density at radius 2 is 1.89 bits per heavy atom. The highest BCUT2D eigenvalue weighted by Gasteiger charge is 2.47. The number of pyridine rings is 2. The molecule has 7 heterocycles. The summed E-state index contributed by atoms with van der Waals surface area (Å²) in [4.78, 5) is 39.0. The molecule has 2 bridgehead atoms. The van der Waals surface area contributed by atoms with Crippen molar-refractivity contribution in [3.8, 4) is 17.3 Å². The maximum Gasteiger partial charge on any atom is 0.254 e. The number of nitrogens with zero attached hydrogens (tertiary/aromatic N) is 5. The Morgan fingerprint density at radius 3 is 2.59 bits per heavy atom. The Labute approximate surface area is 268 Å². The van der Waals surface area contributed by atoms with Crippen LogP contribution in [0.5, 0.6) is 5.88 Å². The number of ether oxygens (including phenoxy) is 2. The summed E-state index contributed by atoms with van der Waals surface area (Å²) >= 11 is 0. The van der Waals surface area contributed by atoms with Crippen LogP contribution >= 0.6 is 0 Å². The average molecular weight is 626 g/mol. The monoisotopic (exact) mass is 625 g/mol. The summed E-state index contributed by atoms with van der Waals surface area (Å²) in [5.74, 6) is 1.23. The lowest BCUT2D eigenvalue weighted by atomic mass is 9.97. The van der Waals surface area contributed by atoms with E-state index < -0.39 is 0 Å². The molecule has 4 atom stereocenters. The van der Waals surface area contributed by atoms with Gasteiger partial charge in [-0.1, -0.05) is 0 Å². The Kier molecular flexibility index (Phi) is 7.28. The summed E-state index contributed by atoms with van der Waals surface area (Å²) in [6, 6.07) is 10.1. The molecule has 8 rings (SSSR count). The van der Waals surface area contributed by atoms with Crippen LogP contribution in [0.25, 0.3) is 28.1 Å². The Hall–Kier alpha value is -3.96. The molecule has 3 aliphatic heterocycles. The van der Waals surface area contributed by atoms with E-state index in [1.54, 1.807) is 7.11 Å². The first-order valence-corrected chi connectivity index (χ1v) is 16.8. The molecule has 4 aliphatic rings. The second-order valence-electron chi connectivity index (χ2n) is 13.8. The van der Waals surface area contributed by atoms with E-state index in [9.17, 15) is 9.59 Å². The van der Waals surface area contributed by atoms with Crippen molar-refractivity contribution in [2.75, 3.05) is 20.3 Å². The van der Waals surface area contributed by atoms with Crippen molar-refractivity contribution in [3.63, 3.8) is 0 Å². The fraction of sp³-hybridized carbons (Fsp3) is 0.543. The molecule has 0 spiro atoms. The number of aromatic nitrogens is 4. The van der Waals surface area contributed by atoms with Gasteiger partial charge in [0.05, 0.1) is 30.2 Å². The molecular formula is C35H43N7O4. The maximum atomic E-state index is 13.8. The van der Waals surface area contributed by atoms with Crippen molar-refractivity contribution >= 4 is 28.5 Å². The Morgan fingerprint density at radius 1 is 1.09 bits per heavy atom. The van der Waals surface area contributed by atoms with Crippen molar-refractivity contribution in [3.05, 3.63) is 47.3 Å². The summed E-state index contributed by atoms with van der Waals surface area (Å²) in [6.07, 6.45) is 6.74. The zero-order valence-electron chi connectivity index (χ0n) is 26.9. The summed E-state index contributed by atoms with van der Waals surface area (Å²) < 4.78 is 15.6. The first-order chi connectivity index (χ1) is 22.3. The standard InChI is InChI=1S/C35H43N7O4/c1-19(37-34(43)22-10-12-46-13-11-22)27-8-6-23-14-29(40(33(23)38-27)18-21-4-5-21)32-20(2)41-30(39-32)15-24(16-31(41)45-3)35(44)42-25-7-9-28(42)26(36)17-25/h6,8,14-16,19,21-22,25-26,28H,4-5,7,9-13,17-18,36H2,1-3H3,(H,37,43)/t19-,25+,26-,28-/m1/s1. The third-order valence-corrected chi connectivity index (χ3v) is 10.7. The molecule has 0 unspecified atom stereocenters. The molecule has 242 valence electrons. The topological polar surface area (TPSA) is 129 Å². The fourth-order valence-corrected chi connectivity index (χ4v) is 7.98. The van der Waals surface area contributed by atoms with Gasteiger partial charge in [0.15, 0.2) is 5.88 Å². The van der Waals surface area contributed by atoms with E-state index in [4.69, 9.17) is 25.2 Å². The fourth-order valence-electron chi connectivity index (χ4n) is 7.98. The quantitative estimate of drug-likeness (QED) is 0.297. The number of nitrogens with two attached hydrogens (primary N) is 1. The lowest BCUT2D eigenvalue weighted by Crippen LogP contribution is -2.40. The van der Waals surface area contributed by atoms with Crippen LogP contribution in [0.15, 0.2) is 30.3 Å². The summed E-state index contributed by atoms with van der Waals surface area (Å²) in [7, 11) is 1.63. The number of fused-ring (bicyclic) bond motifs is 4. The van der Waals surface area contributed by atoms with Gasteiger partial charge >= 0.3 is 0 Å². The smallest absolute Gasteiger partial charge is 0.254 e. The first-order valence-electron chi connectivity index (χ1n) is 16.8. The van der Waals surface area contributed by atoms with Crippen LogP contribution in [0.3, 0.4) is 0 Å². The van der Waals surface area contributed by atoms with E-state index in [1.165, 1.54) is 12.8 Å². The molecule has 3 N–H and O–H groups in total. The molecule has 0 radical (unpaired) electrons. The average Bonchev–Trinajstić information content (AvgIpc) is 3.38. The van der Waals surface area contributed by atoms with Crippen molar-refractivity contribution < 1.29 is 19.1 Å². The molecule has 4 aromatic rings. The number of hydrogen-bond donors (Lipinski definition) is 2. The maximum absolute atomic E-state index is 13.8. The SMILES string of the molecule is COc1cc(C(=O)N2[C@H]3CC[C@@H]2[C@H](N)C3)cc2nc(-c3cc4ccc([C@@H](C)NC(=O)C5CCOCC5)nc4n3CC3CC3)c(C)n12. The number of methoxy groups -OCH3 is 1. The van der Waals surface area contributed by atoms with Gasteiger partial charge in [-0.3, -0.25) is 14.0 Å². The van der Waals surface area contributed by atoms with Crippen molar-refractivity contribution in [1.29, 1.82) is 0 Å². The molecular weight excluding hydrogens is 582 g/mol. The van der Waals surface area contributed by atoms with Gasteiger partial charge in [-0.2, -0.15) is 0 Å². The highest BCUT2D eigenvalue weighted by molar-refractivity contribution is 5.97. The molecule has 46 heavy (non-hydrogen) atoms. The van der Waals surface area contributed by atoms with Crippen LogP contribution in [-0.2, 0) is 16.1 Å². The first kappa shape index (κ1) is 29.4. The summed E-state index contributed by atoms with van der Waals surface area (Å²) in [5.41, 5.74) is 12.1. The molecule has 1 aliphatic carbocycles. The molecule has 1 saturated carbocycles. The van der Waals surface area contributed by atoms with Crippen molar-refractivity contribution in [2.45, 2.75) is 89.5 Å². The third-order valence-electron chi connectivity index (χ3n) is 10.7. The minimum absolute atomic E-state index is 0.000982. The highest BCUT2D eigenvalue weighted by atomic mass is 16.5. The van der Waals surface area contributed by atoms with Crippen LogP contribution in [0, 0.1) is 18.8 Å². The molecule has 3 saturated heterocycles. The number of rotatable bonds is 8. The Balaban J connectivity index is 1.16. The second kappa shape index (κ2) is 11.4. The van der Waals surface area contributed by atoms with Gasteiger partial charge in [0.25, 0.3) is 5.91 Å². The van der Waals surface area contributed by atoms with Crippen molar-refractivity contribution in [2.24, 2.45) is 17.6 Å². The number of hydrogen-bond acceptors (Lipinski definition) is 7. The van der Waals surface area contributed by atoms with Gasteiger partial charge in [-0.15, -0.1) is 0 Å². The summed E-state index contributed by atoms with van der Waals surface area (Å²) in [5, 5.41) is 4.22. The molecule has 4 aromatic heterocycles. The predicted octanol–water partition coefficient (Wildman–Crippen LogP) is 4.39. The van der Waals surface area contributed by atoms with Gasteiger partial charge in [-0.05, 0) is 89.0 Å². The number of carbonyl (C=O) groups excluding carboxylic acids is 2. The number of nitrogens with one attached hydrogen (secondary N) is 1. The highest BCUT2D eigenvalue weighted by Crippen LogP contribution is 2.40. The zero-order chi connectivity index (χ0) is 31.7. The van der Waals surface area contributed by atoms with Crippen LogP contribution in [0.4, 0.5) is 0 Å². The van der Waals surface area contributed by atoms with E-state index >= 15 is 0 Å². The summed E-state index contributed by atoms with van der Waals surface area (Å²) in [6.45, 7) is 6.16. The van der Waals surface area contributed by atoms with Crippen molar-refractivity contribution in [1.82, 2.24) is 29.2 Å². The zero-order valence-corrected chi connectivity index (χ0v) is 26.9. The van der Waals surface area contributed by atoms with Gasteiger partial charge in [0.1, 0.15) is 17.0 Å². The van der Waals surface area contributed by atoms with Crippen LogP contribution in [0.2, 0.25) is 0 Å². The second-order valence-corrected chi connectivity index (χ2v) is 13.8. The molecule has 0 aromatic carbocycles. The van der Waals surface area contributed by atoms with E-state index in [0.29, 0.717) is 36.2 Å². The molecule has 11 heteroatoms. The van der Waals surface area contributed by atoms with E-state index in [-0.39, 0.29) is 41.9 Å². The number of aryl methyl sites for hydroxylation is 1. The predicted molar refractivity (Wildman–Crippen MR) is 174 cm³/mol. The number of imidazole rings is 1. The Bertz CT molecular complexity index is 1840. The van der Waals surface area contributed by atoms with Gasteiger partial charge in [-0.25, -0.2) is 9.97 Å². The molecule has 11 nitrogen and oxygen atoms in total. The van der Waals surface area contributed by atoms with Crippen LogP contribution in [0.1, 0.15) is 79.7 Å². The van der Waals surface area contributed by atoms with Crippen LogP contribution < -0.4 is 15.8 Å². The molecule has 2 amide bonds. The third kappa shape index (κ3) is 4.95. The van der Waals surface area contributed by atoms with Crippen LogP contribution in [-0.4, -0.2) is 74.1 Å². The largest absolute Gasteiger partial charge is 0.482 e. The minimum Gasteiger partial charge on any atom is -0.482 e. The van der Waals surface area contributed by atoms with Gasteiger partial charge in [0.2, 0.25) is 5.91 Å². The van der Waals surface area contributed by atoms with E-state index in [2.05, 4.69) is 22.0 Å². The van der Waals surface area contributed by atoms with E-state index in [1.807, 2.05) is 41.3 Å². The lowest BCUT2D eigenvalue weighted by molar-refractivity contribution is -0.128. The van der Waals surface area contributed by atoms with Gasteiger partial charge in [0, 0.05) is 60.8 Å². The minimum atomic E-state index is -0.218. The molecule has 4 fully saturated rings. The van der Waals surface area contributed by atoms with E-state index in [0.717, 1.165) is 72.5 Å². The normalized spacial score (nSPS) is 23.8. The lowest BCUT2D eigenvalue weighted by Gasteiger charge is -2.23. The number of amides is 2. The van der Waals surface area contributed by atoms with Gasteiger partial charge < -0.3 is 30.0 Å².